The molecule has 0 radical (unpaired) electrons. The fraction of sp³-hybridized carbons (Fsp3) is 0.900. The van der Waals surface area contributed by atoms with Crippen LogP contribution in [0.15, 0.2) is 0 Å². The molecule has 2 aliphatic carbocycles. The first kappa shape index (κ1) is 11.1. The molecule has 0 aromatic heterocycles. The summed E-state index contributed by atoms with van der Waals surface area (Å²) in [6, 6.07) is 0. The first-order valence-electron chi connectivity index (χ1n) is 5.16. The van der Waals surface area contributed by atoms with Crippen molar-refractivity contribution in [1.29, 1.82) is 0 Å². The summed E-state index contributed by atoms with van der Waals surface area (Å²) in [7, 11) is -4.48. The average Bonchev–Trinajstić information content (AvgIpc) is 2.48. The Morgan fingerprint density at radius 2 is 1.93 bits per heavy atom. The van der Waals surface area contributed by atoms with Crippen molar-refractivity contribution in [3.05, 3.63) is 0 Å². The Morgan fingerprint density at radius 1 is 1.40 bits per heavy atom. The SMILES string of the molecule is C[C@H]1[C@@H]2C[C@@H]([C@H](S(=O)(=O)[O-])C2=O)C1(C)C. The zero-order valence-corrected chi connectivity index (χ0v) is 9.87. The third-order valence-electron chi connectivity index (χ3n) is 4.56. The molecular weight excluding hydrogens is 216 g/mol. The van der Waals surface area contributed by atoms with Crippen LogP contribution in [-0.4, -0.2) is 24.0 Å². The zero-order valence-electron chi connectivity index (χ0n) is 9.06. The third-order valence-corrected chi connectivity index (χ3v) is 5.75. The molecule has 0 heterocycles. The zero-order chi connectivity index (χ0) is 11.6. The highest BCUT2D eigenvalue weighted by Gasteiger charge is 2.61. The van der Waals surface area contributed by atoms with Gasteiger partial charge in [0.1, 0.15) is 15.4 Å². The molecular formula is C10H15O4S-. The van der Waals surface area contributed by atoms with Gasteiger partial charge in [0.25, 0.3) is 0 Å². The van der Waals surface area contributed by atoms with E-state index in [1.165, 1.54) is 0 Å². The second kappa shape index (κ2) is 2.83. The van der Waals surface area contributed by atoms with E-state index in [4.69, 9.17) is 0 Å². The monoisotopic (exact) mass is 231 g/mol. The predicted molar refractivity (Wildman–Crippen MR) is 53.0 cm³/mol. The van der Waals surface area contributed by atoms with Gasteiger partial charge in [-0.05, 0) is 23.7 Å². The first-order chi connectivity index (χ1) is 6.67. The molecule has 0 amide bonds. The Hall–Kier alpha value is -0.420. The van der Waals surface area contributed by atoms with E-state index < -0.39 is 15.4 Å². The van der Waals surface area contributed by atoms with E-state index in [9.17, 15) is 17.8 Å². The summed E-state index contributed by atoms with van der Waals surface area (Å²) in [6.45, 7) is 5.87. The quantitative estimate of drug-likeness (QED) is 0.625. The fourth-order valence-corrected chi connectivity index (χ4v) is 4.59. The van der Waals surface area contributed by atoms with Crippen LogP contribution in [0.2, 0.25) is 0 Å². The topological polar surface area (TPSA) is 74.3 Å². The van der Waals surface area contributed by atoms with Gasteiger partial charge < -0.3 is 4.55 Å². The van der Waals surface area contributed by atoms with Crippen LogP contribution in [0.3, 0.4) is 0 Å². The fourth-order valence-electron chi connectivity index (χ4n) is 3.27. The predicted octanol–water partition coefficient (Wildman–Crippen LogP) is 0.781. The summed E-state index contributed by atoms with van der Waals surface area (Å²) < 4.78 is 33.2. The molecule has 86 valence electrons. The highest BCUT2D eigenvalue weighted by molar-refractivity contribution is 7.87. The minimum absolute atomic E-state index is 0.174. The summed E-state index contributed by atoms with van der Waals surface area (Å²) in [6.07, 6.45) is 0.569. The molecule has 2 rings (SSSR count). The van der Waals surface area contributed by atoms with Gasteiger partial charge in [0.15, 0.2) is 5.78 Å². The van der Waals surface area contributed by atoms with Gasteiger partial charge in [0, 0.05) is 5.92 Å². The minimum Gasteiger partial charge on any atom is -0.747 e. The first-order valence-corrected chi connectivity index (χ1v) is 6.63. The summed E-state index contributed by atoms with van der Waals surface area (Å²) in [5, 5.41) is -1.28. The largest absolute Gasteiger partial charge is 0.747 e. The lowest BCUT2D eigenvalue weighted by Crippen LogP contribution is -2.46. The lowest BCUT2D eigenvalue weighted by molar-refractivity contribution is -0.125. The van der Waals surface area contributed by atoms with Crippen LogP contribution in [0.4, 0.5) is 0 Å². The second-order valence-electron chi connectivity index (χ2n) is 5.37. The highest BCUT2D eigenvalue weighted by atomic mass is 32.2. The Bertz CT molecular complexity index is 409. The molecule has 4 atom stereocenters. The number of hydrogen-bond acceptors (Lipinski definition) is 4. The van der Waals surface area contributed by atoms with E-state index in [1.54, 1.807) is 0 Å². The van der Waals surface area contributed by atoms with Crippen molar-refractivity contribution < 1.29 is 17.8 Å². The van der Waals surface area contributed by atoms with Crippen molar-refractivity contribution in [2.45, 2.75) is 32.4 Å². The van der Waals surface area contributed by atoms with Crippen molar-refractivity contribution in [3.8, 4) is 0 Å². The van der Waals surface area contributed by atoms with Crippen LogP contribution < -0.4 is 0 Å². The van der Waals surface area contributed by atoms with Crippen LogP contribution in [0.25, 0.3) is 0 Å². The van der Waals surface area contributed by atoms with Crippen LogP contribution in [0.5, 0.6) is 0 Å². The van der Waals surface area contributed by atoms with E-state index in [2.05, 4.69) is 0 Å². The van der Waals surface area contributed by atoms with E-state index in [-0.39, 0.29) is 29.0 Å². The Kier molecular flexibility index (Phi) is 2.09. The van der Waals surface area contributed by atoms with Gasteiger partial charge in [-0.3, -0.25) is 4.79 Å². The van der Waals surface area contributed by atoms with Crippen molar-refractivity contribution in [2.24, 2.45) is 23.2 Å². The van der Waals surface area contributed by atoms with Crippen LogP contribution in [0, 0.1) is 23.2 Å². The van der Waals surface area contributed by atoms with Gasteiger partial charge in [-0.2, -0.15) is 0 Å². The smallest absolute Gasteiger partial charge is 0.153 e. The molecule has 2 aliphatic rings. The molecule has 0 aromatic rings. The maximum Gasteiger partial charge on any atom is 0.153 e. The van der Waals surface area contributed by atoms with Crippen LogP contribution in [-0.2, 0) is 14.9 Å². The molecule has 0 spiro atoms. The number of fused-ring (bicyclic) bond motifs is 2. The van der Waals surface area contributed by atoms with E-state index in [0.29, 0.717) is 6.42 Å². The third kappa shape index (κ3) is 1.29. The summed E-state index contributed by atoms with van der Waals surface area (Å²) in [5.41, 5.74) is -0.222. The second-order valence-corrected chi connectivity index (χ2v) is 6.87. The number of carbonyl (C=O) groups is 1. The molecule has 5 heteroatoms. The van der Waals surface area contributed by atoms with E-state index in [0.717, 1.165) is 0 Å². The molecule has 0 unspecified atom stereocenters. The van der Waals surface area contributed by atoms with Gasteiger partial charge in [-0.15, -0.1) is 0 Å². The molecule has 0 aromatic carbocycles. The van der Waals surface area contributed by atoms with E-state index >= 15 is 0 Å². The molecule has 2 saturated carbocycles. The van der Waals surface area contributed by atoms with Crippen LogP contribution in [0.1, 0.15) is 27.2 Å². The minimum atomic E-state index is -4.48. The van der Waals surface area contributed by atoms with Gasteiger partial charge in [0.2, 0.25) is 0 Å². The number of ketones is 1. The van der Waals surface area contributed by atoms with Crippen molar-refractivity contribution in [1.82, 2.24) is 0 Å². The summed E-state index contributed by atoms with van der Waals surface area (Å²) in [4.78, 5) is 11.7. The lowest BCUT2D eigenvalue weighted by atomic mass is 9.69. The highest BCUT2D eigenvalue weighted by Crippen LogP contribution is 2.58. The Labute approximate surface area is 89.8 Å². The number of rotatable bonds is 1. The van der Waals surface area contributed by atoms with Gasteiger partial charge >= 0.3 is 0 Å². The molecule has 0 N–H and O–H groups in total. The molecule has 2 bridgehead atoms. The number of Topliss-reactive ketones (excluding diaryl/α,β-unsaturated/α-hetero) is 1. The maximum absolute atomic E-state index is 11.7. The lowest BCUT2D eigenvalue weighted by Gasteiger charge is -2.40. The average molecular weight is 231 g/mol. The van der Waals surface area contributed by atoms with Crippen molar-refractivity contribution in [3.63, 3.8) is 0 Å². The molecule has 15 heavy (non-hydrogen) atoms. The van der Waals surface area contributed by atoms with Crippen molar-refractivity contribution >= 4 is 15.9 Å². The normalized spacial score (nSPS) is 43.6. The molecule has 0 aliphatic heterocycles. The molecule has 2 fully saturated rings. The maximum atomic E-state index is 11.7. The number of carbonyl (C=O) groups excluding carboxylic acids is 1. The molecule has 4 nitrogen and oxygen atoms in total. The van der Waals surface area contributed by atoms with E-state index in [1.807, 2.05) is 20.8 Å². The Balaban J connectivity index is 2.46. The van der Waals surface area contributed by atoms with Gasteiger partial charge in [-0.1, -0.05) is 20.8 Å². The number of hydrogen-bond donors (Lipinski definition) is 0. The van der Waals surface area contributed by atoms with Crippen molar-refractivity contribution in [2.75, 3.05) is 0 Å². The Morgan fingerprint density at radius 3 is 2.33 bits per heavy atom. The summed E-state index contributed by atoms with van der Waals surface area (Å²) >= 11 is 0. The van der Waals surface area contributed by atoms with Gasteiger partial charge in [0.05, 0.1) is 0 Å². The molecule has 0 saturated heterocycles. The standard InChI is InChI=1S/C10H16O4S/c1-5-6-4-7(10(5,2)3)9(8(6)11)15(12,13)14/h5-7,9H,4H2,1-3H3,(H,12,13,14)/p-1/t5-,6-,7-,9-/m0/s1. The van der Waals surface area contributed by atoms with Crippen LogP contribution >= 0.6 is 0 Å². The van der Waals surface area contributed by atoms with Gasteiger partial charge in [-0.25, -0.2) is 8.42 Å². The summed E-state index contributed by atoms with van der Waals surface area (Å²) in [5.74, 6) is -0.680.